The van der Waals surface area contributed by atoms with Crippen molar-refractivity contribution in [3.05, 3.63) is 62.4 Å². The van der Waals surface area contributed by atoms with Crippen molar-refractivity contribution in [2.24, 2.45) is 0 Å². The van der Waals surface area contributed by atoms with Gasteiger partial charge in [-0.25, -0.2) is 14.6 Å². The van der Waals surface area contributed by atoms with Gasteiger partial charge in [-0.2, -0.15) is 5.26 Å². The molecule has 3 rings (SSSR count). The van der Waals surface area contributed by atoms with Crippen LogP contribution >= 0.6 is 22.7 Å². The standard InChI is InChI=1S/C25H25N3O4S2/c1-5-16-8-10-17(11-9-16)19-14-33-22(28-19)18(12-26)13-27-23-20(24(29)31-6-2)15(4)21(34-23)25(30)32-7-3/h8-11,13-14,27H,5-7H2,1-4H3. The summed E-state index contributed by atoms with van der Waals surface area (Å²) in [6.45, 7) is 7.62. The first-order valence-electron chi connectivity index (χ1n) is 10.8. The van der Waals surface area contributed by atoms with E-state index in [1.165, 1.54) is 23.1 Å². The zero-order valence-electron chi connectivity index (χ0n) is 19.4. The molecule has 2 aromatic heterocycles. The third kappa shape index (κ3) is 5.53. The average molecular weight is 496 g/mol. The van der Waals surface area contributed by atoms with Gasteiger partial charge in [0.05, 0.1) is 24.5 Å². The maximum absolute atomic E-state index is 12.6. The quantitative estimate of drug-likeness (QED) is 0.284. The summed E-state index contributed by atoms with van der Waals surface area (Å²) in [7, 11) is 0. The van der Waals surface area contributed by atoms with Crippen LogP contribution in [0.4, 0.5) is 5.00 Å². The minimum Gasteiger partial charge on any atom is -0.462 e. The zero-order valence-corrected chi connectivity index (χ0v) is 21.1. The predicted octanol–water partition coefficient (Wildman–Crippen LogP) is 6.07. The van der Waals surface area contributed by atoms with Crippen LogP contribution in [0.5, 0.6) is 0 Å². The summed E-state index contributed by atoms with van der Waals surface area (Å²) in [5, 5.41) is 15.6. The molecule has 1 aromatic carbocycles. The molecule has 0 atom stereocenters. The highest BCUT2D eigenvalue weighted by Crippen LogP contribution is 2.35. The molecule has 2 heterocycles. The summed E-state index contributed by atoms with van der Waals surface area (Å²) in [4.78, 5) is 29.8. The number of benzene rings is 1. The summed E-state index contributed by atoms with van der Waals surface area (Å²) in [5.41, 5.74) is 4.03. The fraction of sp³-hybridized carbons (Fsp3) is 0.280. The van der Waals surface area contributed by atoms with Crippen molar-refractivity contribution in [2.45, 2.75) is 34.1 Å². The molecule has 0 unspecified atom stereocenters. The summed E-state index contributed by atoms with van der Waals surface area (Å²) in [6, 6.07) is 10.3. The number of thiophene rings is 1. The van der Waals surface area contributed by atoms with E-state index >= 15 is 0 Å². The Labute approximate surface area is 206 Å². The number of nitriles is 1. The van der Waals surface area contributed by atoms with Crippen molar-refractivity contribution in [3.8, 4) is 17.3 Å². The molecule has 0 saturated heterocycles. The Hall–Kier alpha value is -3.48. The number of rotatable bonds is 9. The smallest absolute Gasteiger partial charge is 0.348 e. The van der Waals surface area contributed by atoms with E-state index in [0.29, 0.717) is 26.0 Å². The van der Waals surface area contributed by atoms with Crippen molar-refractivity contribution in [2.75, 3.05) is 18.5 Å². The summed E-state index contributed by atoms with van der Waals surface area (Å²) in [6.07, 6.45) is 2.45. The number of esters is 2. The molecule has 3 aromatic rings. The van der Waals surface area contributed by atoms with Gasteiger partial charge in [0.1, 0.15) is 26.5 Å². The number of allylic oxidation sites excluding steroid dienone is 1. The van der Waals surface area contributed by atoms with Gasteiger partial charge in [-0.1, -0.05) is 31.2 Å². The second kappa shape index (κ2) is 11.6. The third-order valence-corrected chi connectivity index (χ3v) is 7.03. The van der Waals surface area contributed by atoms with E-state index in [9.17, 15) is 14.9 Å². The first-order valence-corrected chi connectivity index (χ1v) is 12.5. The molecule has 1 N–H and O–H groups in total. The number of thiazole rings is 1. The molecule has 0 fully saturated rings. The highest BCUT2D eigenvalue weighted by molar-refractivity contribution is 7.18. The predicted molar refractivity (Wildman–Crippen MR) is 135 cm³/mol. The first kappa shape index (κ1) is 25.1. The molecule has 176 valence electrons. The van der Waals surface area contributed by atoms with E-state index in [-0.39, 0.29) is 18.8 Å². The van der Waals surface area contributed by atoms with Crippen LogP contribution in [0, 0.1) is 18.3 Å². The molecule has 34 heavy (non-hydrogen) atoms. The topological polar surface area (TPSA) is 101 Å². The molecule has 0 spiro atoms. The maximum atomic E-state index is 12.6. The van der Waals surface area contributed by atoms with Crippen LogP contribution in [-0.4, -0.2) is 30.1 Å². The van der Waals surface area contributed by atoms with Gasteiger partial charge >= 0.3 is 11.9 Å². The normalized spacial score (nSPS) is 11.1. The fourth-order valence-electron chi connectivity index (χ4n) is 3.18. The van der Waals surface area contributed by atoms with Gasteiger partial charge in [0.15, 0.2) is 0 Å². The molecule has 0 aliphatic heterocycles. The third-order valence-electron chi connectivity index (χ3n) is 4.95. The summed E-state index contributed by atoms with van der Waals surface area (Å²) >= 11 is 2.44. The van der Waals surface area contributed by atoms with E-state index in [4.69, 9.17) is 9.47 Å². The van der Waals surface area contributed by atoms with Crippen LogP contribution in [0.3, 0.4) is 0 Å². The van der Waals surface area contributed by atoms with Crippen LogP contribution in [0.1, 0.15) is 56.9 Å². The zero-order chi connectivity index (χ0) is 24.7. The van der Waals surface area contributed by atoms with E-state index in [2.05, 4.69) is 35.4 Å². The number of carbonyl (C=O) groups excluding carboxylic acids is 2. The SMILES string of the molecule is CCOC(=O)c1sc(NC=C(C#N)c2nc(-c3ccc(CC)cc3)cs2)c(C(=O)OCC)c1C. The molecule has 0 bridgehead atoms. The Kier molecular flexibility index (Phi) is 8.57. The summed E-state index contributed by atoms with van der Waals surface area (Å²) in [5.74, 6) is -1.06. The maximum Gasteiger partial charge on any atom is 0.348 e. The van der Waals surface area contributed by atoms with E-state index in [1.807, 2.05) is 17.5 Å². The lowest BCUT2D eigenvalue weighted by atomic mass is 10.1. The lowest BCUT2D eigenvalue weighted by Gasteiger charge is -2.05. The monoisotopic (exact) mass is 495 g/mol. The number of aryl methyl sites for hydroxylation is 1. The molecule has 0 saturated carbocycles. The van der Waals surface area contributed by atoms with Crippen molar-refractivity contribution in [1.82, 2.24) is 4.98 Å². The largest absolute Gasteiger partial charge is 0.462 e. The van der Waals surface area contributed by atoms with Crippen molar-refractivity contribution >= 4 is 45.2 Å². The van der Waals surface area contributed by atoms with Gasteiger partial charge in [-0.05, 0) is 38.3 Å². The second-order valence-electron chi connectivity index (χ2n) is 7.10. The van der Waals surface area contributed by atoms with Gasteiger partial charge in [0.2, 0.25) is 0 Å². The molecular weight excluding hydrogens is 470 g/mol. The average Bonchev–Trinajstić information content (AvgIpc) is 3.45. The molecule has 7 nitrogen and oxygen atoms in total. The number of anilines is 1. The van der Waals surface area contributed by atoms with E-state index in [1.54, 1.807) is 20.8 Å². The minimum absolute atomic E-state index is 0.197. The van der Waals surface area contributed by atoms with Gasteiger partial charge in [-0.3, -0.25) is 0 Å². The Morgan fingerprint density at radius 3 is 2.41 bits per heavy atom. The summed E-state index contributed by atoms with van der Waals surface area (Å²) < 4.78 is 10.3. The van der Waals surface area contributed by atoms with Crippen molar-refractivity contribution in [3.63, 3.8) is 0 Å². The minimum atomic E-state index is -0.548. The van der Waals surface area contributed by atoms with Crippen LogP contribution in [-0.2, 0) is 15.9 Å². The molecule has 9 heteroatoms. The number of aromatic nitrogens is 1. The molecule has 0 radical (unpaired) electrons. The number of nitrogens with zero attached hydrogens (tertiary/aromatic N) is 2. The number of hydrogen-bond acceptors (Lipinski definition) is 9. The Balaban J connectivity index is 1.91. The van der Waals surface area contributed by atoms with Crippen LogP contribution in [0.2, 0.25) is 0 Å². The number of ether oxygens (including phenoxy) is 2. The fourth-order valence-corrected chi connectivity index (χ4v) is 5.03. The second-order valence-corrected chi connectivity index (χ2v) is 8.98. The van der Waals surface area contributed by atoms with Gasteiger partial charge in [0.25, 0.3) is 0 Å². The lowest BCUT2D eigenvalue weighted by molar-refractivity contribution is 0.0527. The molecular formula is C25H25N3O4S2. The lowest BCUT2D eigenvalue weighted by Crippen LogP contribution is -2.09. The highest BCUT2D eigenvalue weighted by Gasteiger charge is 2.26. The van der Waals surface area contributed by atoms with Gasteiger partial charge in [-0.15, -0.1) is 22.7 Å². The highest BCUT2D eigenvalue weighted by atomic mass is 32.1. The van der Waals surface area contributed by atoms with Crippen molar-refractivity contribution in [1.29, 1.82) is 5.26 Å². The first-order chi connectivity index (χ1) is 16.4. The Morgan fingerprint density at radius 2 is 1.79 bits per heavy atom. The van der Waals surface area contributed by atoms with Crippen LogP contribution < -0.4 is 5.32 Å². The van der Waals surface area contributed by atoms with E-state index in [0.717, 1.165) is 29.0 Å². The molecule has 0 aliphatic carbocycles. The van der Waals surface area contributed by atoms with Crippen LogP contribution in [0.25, 0.3) is 16.8 Å². The number of carbonyl (C=O) groups is 2. The van der Waals surface area contributed by atoms with Gasteiger partial charge in [0, 0.05) is 17.1 Å². The van der Waals surface area contributed by atoms with Gasteiger partial charge < -0.3 is 14.8 Å². The molecule has 0 aliphatic rings. The van der Waals surface area contributed by atoms with Crippen molar-refractivity contribution < 1.29 is 19.1 Å². The number of hydrogen-bond donors (Lipinski definition) is 1. The Bertz CT molecular complexity index is 1250. The molecule has 0 amide bonds. The number of nitrogens with one attached hydrogen (secondary N) is 1. The van der Waals surface area contributed by atoms with E-state index < -0.39 is 11.9 Å². The van der Waals surface area contributed by atoms with Crippen LogP contribution in [0.15, 0.2) is 35.8 Å². The Morgan fingerprint density at radius 1 is 1.12 bits per heavy atom.